The fraction of sp³-hybridized carbons (Fsp3) is 0.357. The van der Waals surface area contributed by atoms with E-state index in [2.05, 4.69) is 20.5 Å². The number of aliphatic imine (C=N–C) groups is 1. The lowest BCUT2D eigenvalue weighted by molar-refractivity contribution is -0.144. The first-order valence-electron chi connectivity index (χ1n) is 6.83. The first-order valence-corrected chi connectivity index (χ1v) is 6.83. The Labute approximate surface area is 128 Å². The number of rotatable bonds is 6. The van der Waals surface area contributed by atoms with Crippen LogP contribution in [0.4, 0.5) is 11.6 Å². The van der Waals surface area contributed by atoms with E-state index in [0.717, 1.165) is 11.3 Å². The topological polar surface area (TPSA) is 85.5 Å². The third-order valence-electron chi connectivity index (χ3n) is 2.84. The normalized spacial score (nSPS) is 10.9. The summed E-state index contributed by atoms with van der Waals surface area (Å²) in [5.74, 6) is -0.147. The maximum Gasteiger partial charge on any atom is 0.327 e. The number of hydrogen-bond donors (Lipinski definition) is 0. The molecule has 0 aliphatic carbocycles. The number of tetrazole rings is 1. The van der Waals surface area contributed by atoms with E-state index in [0.29, 0.717) is 6.61 Å². The SMILES string of the molecule is CCOC(=O)Cn1nnnc1/N=C/c1ccc(N(C)C)cc1. The van der Waals surface area contributed by atoms with Crippen LogP contribution in [0.15, 0.2) is 29.3 Å². The minimum absolute atomic E-state index is 0.0624. The number of hydrogen-bond acceptors (Lipinski definition) is 7. The summed E-state index contributed by atoms with van der Waals surface area (Å²) < 4.78 is 6.15. The number of anilines is 1. The number of carbonyl (C=O) groups is 1. The molecule has 0 radical (unpaired) electrons. The molecule has 0 N–H and O–H groups in total. The van der Waals surface area contributed by atoms with Gasteiger partial charge in [-0.2, -0.15) is 4.68 Å². The van der Waals surface area contributed by atoms with Gasteiger partial charge in [0.2, 0.25) is 0 Å². The summed E-state index contributed by atoms with van der Waals surface area (Å²) in [6.07, 6.45) is 1.65. The molecule has 0 atom stereocenters. The van der Waals surface area contributed by atoms with Gasteiger partial charge >= 0.3 is 5.97 Å². The van der Waals surface area contributed by atoms with Crippen LogP contribution in [0.3, 0.4) is 0 Å². The minimum Gasteiger partial charge on any atom is -0.465 e. The van der Waals surface area contributed by atoms with Crippen molar-refractivity contribution in [2.45, 2.75) is 13.5 Å². The summed E-state index contributed by atoms with van der Waals surface area (Å²) >= 11 is 0. The van der Waals surface area contributed by atoms with Crippen LogP contribution in [-0.4, -0.2) is 53.1 Å². The van der Waals surface area contributed by atoms with Gasteiger partial charge in [0.1, 0.15) is 6.54 Å². The molecule has 1 aromatic carbocycles. The molecular weight excluding hydrogens is 284 g/mol. The third-order valence-corrected chi connectivity index (χ3v) is 2.84. The van der Waals surface area contributed by atoms with Crippen LogP contribution in [-0.2, 0) is 16.1 Å². The van der Waals surface area contributed by atoms with E-state index in [1.54, 1.807) is 13.1 Å². The number of benzene rings is 1. The van der Waals surface area contributed by atoms with Crippen molar-refractivity contribution in [1.82, 2.24) is 20.2 Å². The van der Waals surface area contributed by atoms with Gasteiger partial charge in [-0.05, 0) is 35.0 Å². The molecule has 8 nitrogen and oxygen atoms in total. The molecule has 1 aromatic heterocycles. The summed E-state index contributed by atoms with van der Waals surface area (Å²) in [6, 6.07) is 7.86. The molecule has 8 heteroatoms. The molecule has 0 unspecified atom stereocenters. The van der Waals surface area contributed by atoms with Crippen LogP contribution < -0.4 is 4.90 Å². The number of aromatic nitrogens is 4. The van der Waals surface area contributed by atoms with E-state index in [4.69, 9.17) is 4.74 Å². The largest absolute Gasteiger partial charge is 0.465 e. The van der Waals surface area contributed by atoms with Crippen molar-refractivity contribution in [1.29, 1.82) is 0 Å². The second-order valence-corrected chi connectivity index (χ2v) is 4.69. The van der Waals surface area contributed by atoms with E-state index in [9.17, 15) is 4.79 Å². The third kappa shape index (κ3) is 4.11. The first kappa shape index (κ1) is 15.6. The van der Waals surface area contributed by atoms with Gasteiger partial charge in [-0.15, -0.1) is 0 Å². The van der Waals surface area contributed by atoms with Crippen LogP contribution in [0.25, 0.3) is 0 Å². The molecule has 22 heavy (non-hydrogen) atoms. The Hall–Kier alpha value is -2.77. The predicted octanol–water partition coefficient (Wildman–Crippen LogP) is 1.05. The molecule has 0 saturated heterocycles. The monoisotopic (exact) mass is 302 g/mol. The van der Waals surface area contributed by atoms with E-state index in [1.165, 1.54) is 4.68 Å². The molecule has 2 rings (SSSR count). The zero-order valence-electron chi connectivity index (χ0n) is 12.8. The van der Waals surface area contributed by atoms with Gasteiger partial charge in [-0.3, -0.25) is 4.79 Å². The maximum atomic E-state index is 11.4. The zero-order valence-corrected chi connectivity index (χ0v) is 12.8. The lowest BCUT2D eigenvalue weighted by Crippen LogP contribution is -2.14. The smallest absolute Gasteiger partial charge is 0.327 e. The average molecular weight is 302 g/mol. The van der Waals surface area contributed by atoms with Gasteiger partial charge in [-0.25, -0.2) is 4.99 Å². The molecule has 0 aliphatic rings. The quantitative estimate of drug-likeness (QED) is 0.586. The molecule has 0 spiro atoms. The lowest BCUT2D eigenvalue weighted by atomic mass is 10.2. The van der Waals surface area contributed by atoms with E-state index in [1.807, 2.05) is 43.3 Å². The number of carbonyl (C=O) groups excluding carboxylic acids is 1. The van der Waals surface area contributed by atoms with Crippen molar-refractivity contribution in [2.24, 2.45) is 4.99 Å². The van der Waals surface area contributed by atoms with Crippen molar-refractivity contribution in [2.75, 3.05) is 25.6 Å². The Morgan fingerprint density at radius 1 is 1.36 bits per heavy atom. The lowest BCUT2D eigenvalue weighted by Gasteiger charge is -2.11. The highest BCUT2D eigenvalue weighted by Crippen LogP contribution is 2.12. The van der Waals surface area contributed by atoms with Gasteiger partial charge < -0.3 is 9.64 Å². The Balaban J connectivity index is 2.07. The summed E-state index contributed by atoms with van der Waals surface area (Å²) in [7, 11) is 3.96. The summed E-state index contributed by atoms with van der Waals surface area (Å²) in [5.41, 5.74) is 2.01. The standard InChI is InChI=1S/C14H18N6O2/c1-4-22-13(21)10-20-14(16-17-18-20)15-9-11-5-7-12(8-6-11)19(2)3/h5-9H,4,10H2,1-3H3/b15-9+. The molecule has 2 aromatic rings. The van der Waals surface area contributed by atoms with Crippen LogP contribution in [0.5, 0.6) is 0 Å². The first-order chi connectivity index (χ1) is 10.6. The maximum absolute atomic E-state index is 11.4. The fourth-order valence-electron chi connectivity index (χ4n) is 1.71. The van der Waals surface area contributed by atoms with E-state index >= 15 is 0 Å². The second-order valence-electron chi connectivity index (χ2n) is 4.69. The Bertz CT molecular complexity index is 648. The van der Waals surface area contributed by atoms with Crippen LogP contribution in [0.2, 0.25) is 0 Å². The van der Waals surface area contributed by atoms with Gasteiger partial charge in [-0.1, -0.05) is 17.2 Å². The van der Waals surface area contributed by atoms with Crippen molar-refractivity contribution >= 4 is 23.8 Å². The molecule has 116 valence electrons. The van der Waals surface area contributed by atoms with Crippen molar-refractivity contribution in [3.05, 3.63) is 29.8 Å². The van der Waals surface area contributed by atoms with Crippen LogP contribution in [0, 0.1) is 0 Å². The molecule has 0 amide bonds. The Kier molecular flexibility index (Phi) is 5.18. The number of nitrogens with zero attached hydrogens (tertiary/aromatic N) is 6. The van der Waals surface area contributed by atoms with Crippen LogP contribution in [0.1, 0.15) is 12.5 Å². The van der Waals surface area contributed by atoms with Crippen molar-refractivity contribution in [3.8, 4) is 0 Å². The predicted molar refractivity (Wildman–Crippen MR) is 82.5 cm³/mol. The second kappa shape index (κ2) is 7.30. The summed E-state index contributed by atoms with van der Waals surface area (Å²) in [5, 5.41) is 11.0. The number of ether oxygens (including phenoxy) is 1. The summed E-state index contributed by atoms with van der Waals surface area (Å²) in [4.78, 5) is 17.7. The Morgan fingerprint density at radius 3 is 2.73 bits per heavy atom. The highest BCUT2D eigenvalue weighted by atomic mass is 16.5. The van der Waals surface area contributed by atoms with E-state index < -0.39 is 5.97 Å². The highest BCUT2D eigenvalue weighted by molar-refractivity contribution is 5.82. The fourth-order valence-corrected chi connectivity index (χ4v) is 1.71. The van der Waals surface area contributed by atoms with Gasteiger partial charge in [0, 0.05) is 26.0 Å². The van der Waals surface area contributed by atoms with Gasteiger partial charge in [0.25, 0.3) is 5.95 Å². The summed E-state index contributed by atoms with van der Waals surface area (Å²) in [6.45, 7) is 2.00. The molecular formula is C14H18N6O2. The van der Waals surface area contributed by atoms with Crippen molar-refractivity contribution in [3.63, 3.8) is 0 Å². The number of esters is 1. The molecule has 1 heterocycles. The highest BCUT2D eigenvalue weighted by Gasteiger charge is 2.09. The van der Waals surface area contributed by atoms with Crippen LogP contribution >= 0.6 is 0 Å². The Morgan fingerprint density at radius 2 is 2.09 bits per heavy atom. The minimum atomic E-state index is -0.401. The molecule has 0 saturated carbocycles. The van der Waals surface area contributed by atoms with E-state index in [-0.39, 0.29) is 12.5 Å². The molecule has 0 aliphatic heterocycles. The van der Waals surface area contributed by atoms with Gasteiger partial charge in [0.15, 0.2) is 0 Å². The average Bonchev–Trinajstić information content (AvgIpc) is 2.93. The zero-order chi connectivity index (χ0) is 15.9. The molecule has 0 fully saturated rings. The van der Waals surface area contributed by atoms with Crippen molar-refractivity contribution < 1.29 is 9.53 Å². The molecule has 0 bridgehead atoms. The van der Waals surface area contributed by atoms with Gasteiger partial charge in [0.05, 0.1) is 6.61 Å².